The van der Waals surface area contributed by atoms with Gasteiger partial charge in [-0.15, -0.1) is 0 Å². The van der Waals surface area contributed by atoms with Gasteiger partial charge in [0.15, 0.2) is 0 Å². The number of benzene rings is 2. The van der Waals surface area contributed by atoms with E-state index < -0.39 is 5.82 Å². The molecule has 0 bridgehead atoms. The smallest absolute Gasteiger partial charge is 0.258 e. The van der Waals surface area contributed by atoms with Gasteiger partial charge in [0.1, 0.15) is 12.1 Å². The molecule has 1 aliphatic rings. The molecule has 0 aromatic heterocycles. The van der Waals surface area contributed by atoms with Crippen LogP contribution in [0.3, 0.4) is 0 Å². The molecule has 0 atom stereocenters. The van der Waals surface area contributed by atoms with Crippen molar-refractivity contribution < 1.29 is 14.0 Å². The number of hydrogen-bond donors (Lipinski definition) is 0. The molecule has 106 valence electrons. The highest BCUT2D eigenvalue weighted by molar-refractivity contribution is 6.34. The first kappa shape index (κ1) is 13.8. The number of anilines is 1. The summed E-state index contributed by atoms with van der Waals surface area (Å²) in [6, 6.07) is 8.88. The van der Waals surface area contributed by atoms with Crippen molar-refractivity contribution >= 4 is 29.5 Å². The molecule has 0 radical (unpaired) electrons. The Morgan fingerprint density at radius 3 is 2.76 bits per heavy atom. The minimum Gasteiger partial charge on any atom is -0.306 e. The van der Waals surface area contributed by atoms with E-state index in [0.29, 0.717) is 34.8 Å². The van der Waals surface area contributed by atoms with Gasteiger partial charge in [-0.2, -0.15) is 0 Å². The number of hydrogen-bond acceptors (Lipinski definition) is 2. The molecule has 0 saturated carbocycles. The lowest BCUT2D eigenvalue weighted by atomic mass is 9.96. The van der Waals surface area contributed by atoms with Crippen molar-refractivity contribution in [2.75, 3.05) is 11.4 Å². The number of aldehydes is 1. The molecular weight excluding hydrogens is 293 g/mol. The van der Waals surface area contributed by atoms with E-state index in [1.54, 1.807) is 18.2 Å². The lowest BCUT2D eigenvalue weighted by molar-refractivity contribution is 0.0979. The third kappa shape index (κ3) is 2.43. The molecule has 1 heterocycles. The van der Waals surface area contributed by atoms with Crippen LogP contribution in [0, 0.1) is 5.82 Å². The van der Waals surface area contributed by atoms with E-state index in [1.807, 2.05) is 0 Å². The van der Waals surface area contributed by atoms with Gasteiger partial charge >= 0.3 is 0 Å². The Morgan fingerprint density at radius 1 is 1.19 bits per heavy atom. The topological polar surface area (TPSA) is 37.4 Å². The largest absolute Gasteiger partial charge is 0.306 e. The first-order valence-corrected chi connectivity index (χ1v) is 6.83. The van der Waals surface area contributed by atoms with E-state index in [1.165, 1.54) is 23.1 Å². The standard InChI is InChI=1S/C16H11ClFNO2/c17-14-4-2-12(18)8-15(14)19-6-5-11-7-10(9-20)1-3-13(11)16(19)21/h1-4,7-9H,5-6H2. The first-order chi connectivity index (χ1) is 10.1. The minimum absolute atomic E-state index is 0.235. The molecular formula is C16H11ClFNO2. The normalized spacial score (nSPS) is 14.0. The van der Waals surface area contributed by atoms with Gasteiger partial charge in [-0.3, -0.25) is 9.59 Å². The summed E-state index contributed by atoms with van der Waals surface area (Å²) in [5.41, 5.74) is 2.26. The predicted octanol–water partition coefficient (Wildman–Crippen LogP) is 3.49. The Balaban J connectivity index is 2.02. The van der Waals surface area contributed by atoms with Crippen molar-refractivity contribution in [1.82, 2.24) is 0 Å². The molecule has 0 unspecified atom stereocenters. The second-order valence-corrected chi connectivity index (χ2v) is 5.24. The maximum absolute atomic E-state index is 13.4. The highest BCUT2D eigenvalue weighted by atomic mass is 35.5. The van der Waals surface area contributed by atoms with Crippen molar-refractivity contribution in [3.05, 3.63) is 63.9 Å². The highest BCUT2D eigenvalue weighted by Gasteiger charge is 2.27. The van der Waals surface area contributed by atoms with Gasteiger partial charge in [0.2, 0.25) is 0 Å². The quantitative estimate of drug-likeness (QED) is 0.796. The fourth-order valence-electron chi connectivity index (χ4n) is 2.50. The molecule has 0 N–H and O–H groups in total. The van der Waals surface area contributed by atoms with Crippen molar-refractivity contribution in [2.24, 2.45) is 0 Å². The van der Waals surface area contributed by atoms with E-state index in [2.05, 4.69) is 0 Å². The molecule has 0 fully saturated rings. The van der Waals surface area contributed by atoms with Crippen molar-refractivity contribution in [2.45, 2.75) is 6.42 Å². The SMILES string of the molecule is O=Cc1ccc2c(c1)CCN(c1cc(F)ccc1Cl)C2=O. The average Bonchev–Trinajstić information content (AvgIpc) is 2.50. The predicted molar refractivity (Wildman–Crippen MR) is 78.6 cm³/mol. The third-order valence-corrected chi connectivity index (χ3v) is 3.86. The number of halogens is 2. The summed E-state index contributed by atoms with van der Waals surface area (Å²) in [5, 5.41) is 0.331. The van der Waals surface area contributed by atoms with Crippen molar-refractivity contribution in [3.63, 3.8) is 0 Å². The summed E-state index contributed by atoms with van der Waals surface area (Å²) in [7, 11) is 0. The Morgan fingerprint density at radius 2 is 2.00 bits per heavy atom. The average molecular weight is 304 g/mol. The summed E-state index contributed by atoms with van der Waals surface area (Å²) in [5.74, 6) is -0.675. The van der Waals surface area contributed by atoms with Crippen LogP contribution in [0.25, 0.3) is 0 Å². The zero-order chi connectivity index (χ0) is 15.0. The number of carbonyl (C=O) groups is 2. The molecule has 0 spiro atoms. The molecule has 2 aromatic rings. The second kappa shape index (κ2) is 5.30. The number of nitrogens with zero attached hydrogens (tertiary/aromatic N) is 1. The van der Waals surface area contributed by atoms with Crippen LogP contribution in [0.4, 0.5) is 10.1 Å². The maximum Gasteiger partial charge on any atom is 0.258 e. The monoisotopic (exact) mass is 303 g/mol. The Bertz CT molecular complexity index is 745. The van der Waals surface area contributed by atoms with Gasteiger partial charge < -0.3 is 4.90 Å². The van der Waals surface area contributed by atoms with Gasteiger partial charge in [-0.1, -0.05) is 17.7 Å². The molecule has 2 aromatic carbocycles. The highest BCUT2D eigenvalue weighted by Crippen LogP contribution is 2.31. The summed E-state index contributed by atoms with van der Waals surface area (Å²) in [6.07, 6.45) is 1.34. The van der Waals surface area contributed by atoms with Gasteiger partial charge in [0, 0.05) is 17.7 Å². The Kier molecular flexibility index (Phi) is 3.47. The van der Waals surface area contributed by atoms with Gasteiger partial charge in [0.25, 0.3) is 5.91 Å². The summed E-state index contributed by atoms with van der Waals surface area (Å²) >= 11 is 6.06. The fraction of sp³-hybridized carbons (Fsp3) is 0.125. The lowest BCUT2D eigenvalue weighted by Crippen LogP contribution is -2.37. The van der Waals surface area contributed by atoms with Crippen LogP contribution in [0.2, 0.25) is 5.02 Å². The second-order valence-electron chi connectivity index (χ2n) is 4.84. The molecule has 3 rings (SSSR count). The van der Waals surface area contributed by atoms with Gasteiger partial charge in [0.05, 0.1) is 10.7 Å². The molecule has 0 saturated heterocycles. The van der Waals surface area contributed by atoms with Crippen LogP contribution >= 0.6 is 11.6 Å². The van der Waals surface area contributed by atoms with Crippen molar-refractivity contribution in [3.8, 4) is 0 Å². The summed E-state index contributed by atoms with van der Waals surface area (Å²) < 4.78 is 13.4. The van der Waals surface area contributed by atoms with Crippen molar-refractivity contribution in [1.29, 1.82) is 0 Å². The molecule has 3 nitrogen and oxygen atoms in total. The van der Waals surface area contributed by atoms with E-state index in [4.69, 9.17) is 11.6 Å². The van der Waals surface area contributed by atoms with Crippen LogP contribution in [0.5, 0.6) is 0 Å². The van der Waals surface area contributed by atoms with Crippen LogP contribution in [-0.2, 0) is 6.42 Å². The van der Waals surface area contributed by atoms with Gasteiger partial charge in [-0.25, -0.2) is 4.39 Å². The summed E-state index contributed by atoms with van der Waals surface area (Å²) in [6.45, 7) is 0.400. The van der Waals surface area contributed by atoms with E-state index in [-0.39, 0.29) is 5.91 Å². The third-order valence-electron chi connectivity index (χ3n) is 3.54. The van der Waals surface area contributed by atoms with Crippen LogP contribution in [-0.4, -0.2) is 18.7 Å². The van der Waals surface area contributed by atoms with Crippen LogP contribution < -0.4 is 4.90 Å². The molecule has 1 aliphatic heterocycles. The molecule has 21 heavy (non-hydrogen) atoms. The van der Waals surface area contributed by atoms with E-state index >= 15 is 0 Å². The molecule has 0 aliphatic carbocycles. The van der Waals surface area contributed by atoms with E-state index in [9.17, 15) is 14.0 Å². The number of amides is 1. The van der Waals surface area contributed by atoms with Gasteiger partial charge in [-0.05, 0) is 42.3 Å². The summed E-state index contributed by atoms with van der Waals surface area (Å²) in [4.78, 5) is 24.8. The van der Waals surface area contributed by atoms with Crippen LogP contribution in [0.1, 0.15) is 26.3 Å². The Hall–Kier alpha value is -2.20. The van der Waals surface area contributed by atoms with E-state index in [0.717, 1.165) is 11.8 Å². The minimum atomic E-state index is -0.440. The van der Waals surface area contributed by atoms with Crippen LogP contribution in [0.15, 0.2) is 36.4 Å². The number of rotatable bonds is 2. The molecule has 1 amide bonds. The zero-order valence-electron chi connectivity index (χ0n) is 11.0. The molecule has 5 heteroatoms. The zero-order valence-corrected chi connectivity index (χ0v) is 11.7. The Labute approximate surface area is 125 Å². The number of fused-ring (bicyclic) bond motifs is 1. The fourth-order valence-corrected chi connectivity index (χ4v) is 2.72. The first-order valence-electron chi connectivity index (χ1n) is 6.45. The lowest BCUT2D eigenvalue weighted by Gasteiger charge is -2.29. The number of carbonyl (C=O) groups excluding carboxylic acids is 2. The maximum atomic E-state index is 13.4.